The number of benzene rings is 3. The van der Waals surface area contributed by atoms with Crippen molar-refractivity contribution in [3.05, 3.63) is 100 Å². The molecule has 0 unspecified atom stereocenters. The quantitative estimate of drug-likeness (QED) is 0.281. The molecule has 0 aliphatic carbocycles. The number of para-hydroxylation sites is 1. The summed E-state index contributed by atoms with van der Waals surface area (Å²) in [5.41, 5.74) is 5.12. The molecule has 3 aromatic rings. The van der Waals surface area contributed by atoms with Crippen LogP contribution >= 0.6 is 11.6 Å². The first-order valence-electron chi connectivity index (χ1n) is 9.81. The Morgan fingerprint density at radius 1 is 1.00 bits per heavy atom. The van der Waals surface area contributed by atoms with Crippen LogP contribution in [0, 0.1) is 0 Å². The Morgan fingerprint density at radius 3 is 2.26 bits per heavy atom. The molecule has 176 valence electrons. The summed E-state index contributed by atoms with van der Waals surface area (Å²) in [6.07, 6.45) is -4.04. The van der Waals surface area contributed by atoms with E-state index in [2.05, 4.69) is 10.3 Å². The van der Waals surface area contributed by atoms with Gasteiger partial charge in [0.1, 0.15) is 5.70 Å². The number of amides is 1. The van der Waals surface area contributed by atoms with Crippen LogP contribution in [-0.2, 0) is 6.54 Å². The van der Waals surface area contributed by atoms with Gasteiger partial charge in [0.15, 0.2) is 11.5 Å². The van der Waals surface area contributed by atoms with Gasteiger partial charge < -0.3 is 21.3 Å². The van der Waals surface area contributed by atoms with Crippen molar-refractivity contribution in [2.45, 2.75) is 12.7 Å². The second-order valence-electron chi connectivity index (χ2n) is 7.13. The van der Waals surface area contributed by atoms with E-state index in [9.17, 15) is 28.2 Å². The van der Waals surface area contributed by atoms with Gasteiger partial charge in [-0.2, -0.15) is 13.2 Å². The van der Waals surface area contributed by atoms with Crippen LogP contribution in [-0.4, -0.2) is 28.0 Å². The third-order valence-corrected chi connectivity index (χ3v) is 4.97. The highest BCUT2D eigenvalue weighted by molar-refractivity contribution is 6.33. The van der Waals surface area contributed by atoms with Gasteiger partial charge in [0.25, 0.3) is 5.91 Å². The molecule has 3 aromatic carbocycles. The molecule has 0 fully saturated rings. The first kappa shape index (κ1) is 24.7. The Bertz CT molecular complexity index is 1260. The molecule has 0 saturated carbocycles. The van der Waals surface area contributed by atoms with Crippen LogP contribution in [0.2, 0.25) is 5.02 Å². The summed E-state index contributed by atoms with van der Waals surface area (Å²) in [5.74, 6) is -1.04. The number of rotatable bonds is 6. The lowest BCUT2D eigenvalue weighted by molar-refractivity contribution is -0.0925. The number of nitrogens with two attached hydrogens (primary N) is 1. The molecule has 0 saturated heterocycles. The first-order valence-corrected chi connectivity index (χ1v) is 10.2. The van der Waals surface area contributed by atoms with E-state index in [1.807, 2.05) is 0 Å². The summed E-state index contributed by atoms with van der Waals surface area (Å²) in [5, 5.41) is 21.8. The summed E-state index contributed by atoms with van der Waals surface area (Å²) in [4.78, 5) is 16.7. The van der Waals surface area contributed by atoms with E-state index in [-0.39, 0.29) is 45.6 Å². The van der Waals surface area contributed by atoms with Gasteiger partial charge in [0.2, 0.25) is 0 Å². The maximum absolute atomic E-state index is 13.0. The van der Waals surface area contributed by atoms with Gasteiger partial charge in [-0.25, -0.2) is 4.99 Å². The molecule has 0 atom stereocenters. The largest absolute Gasteiger partial charge is 0.504 e. The zero-order valence-corrected chi connectivity index (χ0v) is 18.2. The van der Waals surface area contributed by atoms with Gasteiger partial charge in [0, 0.05) is 17.7 Å². The van der Waals surface area contributed by atoms with E-state index in [0.717, 1.165) is 0 Å². The number of alkyl halides is 3. The van der Waals surface area contributed by atoms with Crippen LogP contribution in [0.5, 0.6) is 11.5 Å². The van der Waals surface area contributed by atoms with Crippen molar-refractivity contribution in [1.29, 1.82) is 0 Å². The van der Waals surface area contributed by atoms with Crippen LogP contribution in [0.25, 0.3) is 0 Å². The number of halogens is 4. The summed E-state index contributed by atoms with van der Waals surface area (Å²) in [6.45, 7) is 0.0818. The lowest BCUT2D eigenvalue weighted by Gasteiger charge is -2.10. The molecule has 1 amide bonds. The second-order valence-corrected chi connectivity index (χ2v) is 7.54. The number of nitrogens with one attached hydrogen (secondary N) is 1. The van der Waals surface area contributed by atoms with Crippen molar-refractivity contribution in [1.82, 2.24) is 5.32 Å². The van der Waals surface area contributed by atoms with Crippen molar-refractivity contribution in [3.8, 4) is 11.5 Å². The van der Waals surface area contributed by atoms with Crippen molar-refractivity contribution in [2.24, 2.45) is 10.7 Å². The molecular formula is C24H19ClF3N3O3. The standard InChI is InChI=1S/C24H19ClF3N3O3/c25-17-3-1-2-4-18(17)31-19(12-22(29)24(26,27)28)15-6-8-16(9-7-15)23(34)30-13-14-5-10-20(32)21(33)11-14/h1-12,32-33H,13,29H2,(H,30,34). The summed E-state index contributed by atoms with van der Waals surface area (Å²) >= 11 is 6.09. The summed E-state index contributed by atoms with van der Waals surface area (Å²) in [7, 11) is 0. The number of allylic oxidation sites excluding steroid dienone is 2. The number of aromatic hydroxyl groups is 2. The number of hydrogen-bond donors (Lipinski definition) is 4. The van der Waals surface area contributed by atoms with Gasteiger partial charge in [-0.15, -0.1) is 0 Å². The normalized spacial score (nSPS) is 12.5. The van der Waals surface area contributed by atoms with E-state index in [1.54, 1.807) is 24.3 Å². The summed E-state index contributed by atoms with van der Waals surface area (Å²) < 4.78 is 39.1. The molecule has 0 bridgehead atoms. The number of phenolic OH excluding ortho intramolecular Hbond substituents is 2. The Morgan fingerprint density at radius 2 is 1.65 bits per heavy atom. The zero-order chi connectivity index (χ0) is 24.9. The molecular weight excluding hydrogens is 471 g/mol. The Kier molecular flexibility index (Phi) is 7.47. The lowest BCUT2D eigenvalue weighted by Crippen LogP contribution is -2.23. The molecule has 5 N–H and O–H groups in total. The number of carbonyl (C=O) groups is 1. The predicted octanol–water partition coefficient (Wildman–Crippen LogP) is 5.21. The highest BCUT2D eigenvalue weighted by atomic mass is 35.5. The Hall–Kier alpha value is -3.98. The van der Waals surface area contributed by atoms with Gasteiger partial charge in [-0.3, -0.25) is 4.79 Å². The molecule has 10 heteroatoms. The number of phenols is 2. The van der Waals surface area contributed by atoms with Crippen molar-refractivity contribution >= 4 is 28.9 Å². The second kappa shape index (κ2) is 10.3. The highest BCUT2D eigenvalue weighted by Crippen LogP contribution is 2.27. The van der Waals surface area contributed by atoms with E-state index in [4.69, 9.17) is 17.3 Å². The molecule has 3 rings (SSSR count). The number of nitrogens with zero attached hydrogens (tertiary/aromatic N) is 1. The number of carbonyl (C=O) groups excluding carboxylic acids is 1. The van der Waals surface area contributed by atoms with Crippen molar-refractivity contribution in [2.75, 3.05) is 0 Å². The van der Waals surface area contributed by atoms with Gasteiger partial charge in [0.05, 0.1) is 16.4 Å². The van der Waals surface area contributed by atoms with Gasteiger partial charge >= 0.3 is 6.18 Å². The molecule has 34 heavy (non-hydrogen) atoms. The molecule has 0 heterocycles. The topological polar surface area (TPSA) is 108 Å². The van der Waals surface area contributed by atoms with Crippen LogP contribution < -0.4 is 11.1 Å². The number of aliphatic imine (C=N–C) groups is 1. The monoisotopic (exact) mass is 489 g/mol. The van der Waals surface area contributed by atoms with Gasteiger partial charge in [-0.1, -0.05) is 41.9 Å². The first-order chi connectivity index (χ1) is 16.0. The molecule has 0 spiro atoms. The van der Waals surface area contributed by atoms with Crippen LogP contribution in [0.1, 0.15) is 21.5 Å². The number of hydrogen-bond acceptors (Lipinski definition) is 5. The van der Waals surface area contributed by atoms with Crippen LogP contribution in [0.15, 0.2) is 83.5 Å². The van der Waals surface area contributed by atoms with E-state index in [0.29, 0.717) is 11.6 Å². The maximum atomic E-state index is 13.0. The lowest BCUT2D eigenvalue weighted by atomic mass is 10.1. The predicted molar refractivity (Wildman–Crippen MR) is 123 cm³/mol. The zero-order valence-electron chi connectivity index (χ0n) is 17.5. The minimum absolute atomic E-state index is 0.0818. The molecule has 0 aliphatic rings. The Labute approximate surface area is 197 Å². The maximum Gasteiger partial charge on any atom is 0.430 e. The molecule has 0 aliphatic heterocycles. The van der Waals surface area contributed by atoms with Crippen LogP contribution in [0.4, 0.5) is 18.9 Å². The van der Waals surface area contributed by atoms with Crippen LogP contribution in [0.3, 0.4) is 0 Å². The average Bonchev–Trinajstić information content (AvgIpc) is 2.80. The third-order valence-electron chi connectivity index (χ3n) is 4.65. The molecule has 6 nitrogen and oxygen atoms in total. The van der Waals surface area contributed by atoms with E-state index in [1.165, 1.54) is 42.5 Å². The van der Waals surface area contributed by atoms with E-state index >= 15 is 0 Å². The minimum atomic E-state index is -4.75. The van der Waals surface area contributed by atoms with E-state index < -0.39 is 17.8 Å². The van der Waals surface area contributed by atoms with Gasteiger partial charge in [-0.05, 0) is 48.0 Å². The smallest absolute Gasteiger partial charge is 0.430 e. The minimum Gasteiger partial charge on any atom is -0.504 e. The fourth-order valence-corrected chi connectivity index (χ4v) is 3.02. The third kappa shape index (κ3) is 6.29. The average molecular weight is 490 g/mol. The highest BCUT2D eigenvalue weighted by Gasteiger charge is 2.31. The SMILES string of the molecule is NC(=CC(=Nc1ccccc1Cl)c1ccc(C(=O)NCc2ccc(O)c(O)c2)cc1)C(F)(F)F. The fourth-order valence-electron chi connectivity index (χ4n) is 2.84. The summed E-state index contributed by atoms with van der Waals surface area (Å²) in [6, 6.07) is 16.3. The van der Waals surface area contributed by atoms with Crippen molar-refractivity contribution in [3.63, 3.8) is 0 Å². The molecule has 0 radical (unpaired) electrons. The fraction of sp³-hybridized carbons (Fsp3) is 0.0833. The molecule has 0 aromatic heterocycles. The Balaban J connectivity index is 1.85. The van der Waals surface area contributed by atoms with Crippen molar-refractivity contribution < 1.29 is 28.2 Å².